The molecule has 1 aromatic carbocycles. The number of hydrogen-bond acceptors (Lipinski definition) is 3. The first-order chi connectivity index (χ1) is 9.47. The molecule has 1 aliphatic rings. The van der Waals surface area contributed by atoms with Crippen molar-refractivity contribution >= 4 is 23.5 Å². The second-order valence-electron chi connectivity index (χ2n) is 4.46. The molecular formula is C13H13FN2O4. The molecule has 0 saturated carbocycles. The number of carboxylic acid groups (broad SMARTS) is 1. The number of likely N-dealkylation sites (tertiary alicyclic amines) is 1. The van der Waals surface area contributed by atoms with Crippen LogP contribution in [0, 0.1) is 5.82 Å². The van der Waals surface area contributed by atoms with Crippen molar-refractivity contribution in [3.8, 4) is 0 Å². The Morgan fingerprint density at radius 3 is 2.75 bits per heavy atom. The average molecular weight is 280 g/mol. The summed E-state index contributed by atoms with van der Waals surface area (Å²) >= 11 is 0. The molecule has 2 N–H and O–H groups in total. The topological polar surface area (TPSA) is 86.7 Å². The summed E-state index contributed by atoms with van der Waals surface area (Å²) in [6.45, 7) is 0.343. The molecule has 1 aromatic rings. The molecule has 6 nitrogen and oxygen atoms in total. The van der Waals surface area contributed by atoms with E-state index in [-0.39, 0.29) is 23.7 Å². The highest BCUT2D eigenvalue weighted by atomic mass is 19.1. The molecule has 0 unspecified atom stereocenters. The summed E-state index contributed by atoms with van der Waals surface area (Å²) < 4.78 is 13.1. The van der Waals surface area contributed by atoms with Crippen molar-refractivity contribution in [2.45, 2.75) is 12.8 Å². The summed E-state index contributed by atoms with van der Waals surface area (Å²) in [5.74, 6) is -2.58. The maximum absolute atomic E-state index is 13.1. The van der Waals surface area contributed by atoms with Gasteiger partial charge in [0.25, 0.3) is 0 Å². The van der Waals surface area contributed by atoms with Crippen molar-refractivity contribution in [3.05, 3.63) is 29.6 Å². The van der Waals surface area contributed by atoms with E-state index in [1.165, 1.54) is 4.90 Å². The minimum absolute atomic E-state index is 0.113. The molecular weight excluding hydrogens is 267 g/mol. The number of carbonyl (C=O) groups is 3. The highest BCUT2D eigenvalue weighted by Gasteiger charge is 2.23. The van der Waals surface area contributed by atoms with Crippen LogP contribution in [-0.4, -0.2) is 40.9 Å². The molecule has 1 fully saturated rings. The first-order valence-electron chi connectivity index (χ1n) is 6.08. The zero-order chi connectivity index (χ0) is 14.7. The van der Waals surface area contributed by atoms with Crippen molar-refractivity contribution in [1.29, 1.82) is 0 Å². The molecule has 1 aliphatic heterocycles. The lowest BCUT2D eigenvalue weighted by molar-refractivity contribution is -0.131. The Balaban J connectivity index is 2.09. The van der Waals surface area contributed by atoms with E-state index in [0.717, 1.165) is 18.2 Å². The highest BCUT2D eigenvalue weighted by Crippen LogP contribution is 2.18. The molecule has 0 radical (unpaired) electrons. The molecule has 1 heterocycles. The Morgan fingerprint density at radius 2 is 2.15 bits per heavy atom. The van der Waals surface area contributed by atoms with Gasteiger partial charge in [0.15, 0.2) is 0 Å². The summed E-state index contributed by atoms with van der Waals surface area (Å²) in [6.07, 6.45) is 1.11. The number of rotatable bonds is 4. The van der Waals surface area contributed by atoms with Crippen molar-refractivity contribution in [2.75, 3.05) is 18.4 Å². The van der Waals surface area contributed by atoms with Crippen LogP contribution in [0.4, 0.5) is 10.1 Å². The van der Waals surface area contributed by atoms with E-state index in [4.69, 9.17) is 5.11 Å². The second kappa shape index (κ2) is 5.68. The molecule has 2 rings (SSSR count). The van der Waals surface area contributed by atoms with Crippen LogP contribution in [0.5, 0.6) is 0 Å². The van der Waals surface area contributed by atoms with Crippen LogP contribution in [0.2, 0.25) is 0 Å². The maximum Gasteiger partial charge on any atom is 0.337 e. The van der Waals surface area contributed by atoms with Gasteiger partial charge in [-0.2, -0.15) is 0 Å². The van der Waals surface area contributed by atoms with Gasteiger partial charge in [-0.3, -0.25) is 9.59 Å². The smallest absolute Gasteiger partial charge is 0.337 e. The van der Waals surface area contributed by atoms with Crippen LogP contribution >= 0.6 is 0 Å². The van der Waals surface area contributed by atoms with E-state index in [9.17, 15) is 18.8 Å². The quantitative estimate of drug-likeness (QED) is 0.864. The fraction of sp³-hybridized carbons (Fsp3) is 0.308. The Bertz CT molecular complexity index is 573. The molecule has 0 spiro atoms. The van der Waals surface area contributed by atoms with Crippen LogP contribution in [0.15, 0.2) is 18.2 Å². The lowest BCUT2D eigenvalue weighted by atomic mass is 10.1. The highest BCUT2D eigenvalue weighted by molar-refractivity contribution is 6.01. The number of carbonyl (C=O) groups excluding carboxylic acids is 2. The predicted octanol–water partition coefficient (Wildman–Crippen LogP) is 1.08. The number of amides is 2. The van der Waals surface area contributed by atoms with E-state index in [1.54, 1.807) is 0 Å². The zero-order valence-corrected chi connectivity index (χ0v) is 10.6. The van der Waals surface area contributed by atoms with Gasteiger partial charge in [0, 0.05) is 13.0 Å². The minimum atomic E-state index is -1.27. The largest absolute Gasteiger partial charge is 0.478 e. The fourth-order valence-corrected chi connectivity index (χ4v) is 2.04. The van der Waals surface area contributed by atoms with Gasteiger partial charge in [-0.15, -0.1) is 0 Å². The molecule has 0 aliphatic carbocycles. The number of anilines is 1. The standard InChI is InChI=1S/C13H13FN2O4/c14-8-3-4-9(13(19)20)10(6-8)15-11(17)7-16-5-1-2-12(16)18/h3-4,6H,1-2,5,7H2,(H,15,17)(H,19,20). The molecule has 20 heavy (non-hydrogen) atoms. The monoisotopic (exact) mass is 280 g/mol. The lowest BCUT2D eigenvalue weighted by Gasteiger charge is -2.15. The van der Waals surface area contributed by atoms with E-state index in [2.05, 4.69) is 5.32 Å². The number of nitrogens with zero attached hydrogens (tertiary/aromatic N) is 1. The summed E-state index contributed by atoms with van der Waals surface area (Å²) in [7, 11) is 0. The summed E-state index contributed by atoms with van der Waals surface area (Å²) in [5, 5.41) is 11.3. The van der Waals surface area contributed by atoms with Crippen LogP contribution in [0.3, 0.4) is 0 Å². The zero-order valence-electron chi connectivity index (χ0n) is 10.6. The Hall–Kier alpha value is -2.44. The van der Waals surface area contributed by atoms with E-state index < -0.39 is 17.7 Å². The van der Waals surface area contributed by atoms with Crippen LogP contribution in [0.25, 0.3) is 0 Å². The molecule has 7 heteroatoms. The number of benzene rings is 1. The third kappa shape index (κ3) is 3.11. The normalized spacial score (nSPS) is 14.4. The van der Waals surface area contributed by atoms with Gasteiger partial charge < -0.3 is 15.3 Å². The summed E-state index contributed by atoms with van der Waals surface area (Å²) in [6, 6.07) is 3.02. The molecule has 0 atom stereocenters. The average Bonchev–Trinajstić information content (AvgIpc) is 2.74. The number of nitrogens with one attached hydrogen (secondary N) is 1. The van der Waals surface area contributed by atoms with Gasteiger partial charge in [0.1, 0.15) is 5.82 Å². The second-order valence-corrected chi connectivity index (χ2v) is 4.46. The molecule has 106 valence electrons. The third-order valence-corrected chi connectivity index (χ3v) is 2.99. The van der Waals surface area contributed by atoms with Gasteiger partial charge >= 0.3 is 5.97 Å². The van der Waals surface area contributed by atoms with Gasteiger partial charge in [-0.25, -0.2) is 9.18 Å². The first kappa shape index (κ1) is 14.0. The van der Waals surface area contributed by atoms with Gasteiger partial charge in [-0.1, -0.05) is 0 Å². The molecule has 0 bridgehead atoms. The van der Waals surface area contributed by atoms with Crippen molar-refractivity contribution in [3.63, 3.8) is 0 Å². The SMILES string of the molecule is O=C(CN1CCCC1=O)Nc1cc(F)ccc1C(=O)O. The number of hydrogen-bond donors (Lipinski definition) is 2. The first-order valence-corrected chi connectivity index (χ1v) is 6.08. The molecule has 2 amide bonds. The van der Waals surface area contributed by atoms with Gasteiger partial charge in [-0.05, 0) is 24.6 Å². The van der Waals surface area contributed by atoms with E-state index in [1.807, 2.05) is 0 Å². The van der Waals surface area contributed by atoms with Crippen molar-refractivity contribution in [2.24, 2.45) is 0 Å². The van der Waals surface area contributed by atoms with Crippen LogP contribution in [-0.2, 0) is 9.59 Å². The minimum Gasteiger partial charge on any atom is -0.478 e. The third-order valence-electron chi connectivity index (χ3n) is 2.99. The fourth-order valence-electron chi connectivity index (χ4n) is 2.04. The number of halogens is 1. The van der Waals surface area contributed by atoms with Crippen molar-refractivity contribution in [1.82, 2.24) is 4.90 Å². The predicted molar refractivity (Wildman–Crippen MR) is 67.8 cm³/mol. The Kier molecular flexibility index (Phi) is 3.97. The van der Waals surface area contributed by atoms with Crippen LogP contribution < -0.4 is 5.32 Å². The Labute approximate surface area is 114 Å². The number of aromatic carboxylic acids is 1. The lowest BCUT2D eigenvalue weighted by Crippen LogP contribution is -2.34. The van der Waals surface area contributed by atoms with Crippen molar-refractivity contribution < 1.29 is 23.9 Å². The Morgan fingerprint density at radius 1 is 1.40 bits per heavy atom. The maximum atomic E-state index is 13.1. The van der Waals surface area contributed by atoms with E-state index >= 15 is 0 Å². The summed E-state index contributed by atoms with van der Waals surface area (Å²) in [4.78, 5) is 35.5. The molecule has 0 aromatic heterocycles. The van der Waals surface area contributed by atoms with Gasteiger partial charge in [0.2, 0.25) is 11.8 Å². The number of carboxylic acids is 1. The van der Waals surface area contributed by atoms with E-state index in [0.29, 0.717) is 19.4 Å². The van der Waals surface area contributed by atoms with Gasteiger partial charge in [0.05, 0.1) is 17.8 Å². The summed E-state index contributed by atoms with van der Waals surface area (Å²) in [5.41, 5.74) is -0.318. The molecule has 1 saturated heterocycles. The van der Waals surface area contributed by atoms with Crippen LogP contribution in [0.1, 0.15) is 23.2 Å².